The molecule has 0 unspecified atom stereocenters. The van der Waals surface area contributed by atoms with Gasteiger partial charge < -0.3 is 10.4 Å². The molecule has 0 bridgehead atoms. The van der Waals surface area contributed by atoms with E-state index in [1.165, 1.54) is 0 Å². The molecule has 0 aliphatic rings. The second-order valence-corrected chi connectivity index (χ2v) is 7.63. The first-order valence-corrected chi connectivity index (χ1v) is 9.18. The molecule has 0 radical (unpaired) electrons. The van der Waals surface area contributed by atoms with Gasteiger partial charge in [0.1, 0.15) is 0 Å². The Kier molecular flexibility index (Phi) is 5.35. The summed E-state index contributed by atoms with van der Waals surface area (Å²) in [6.07, 6.45) is 1.08. The number of carbonyl (C=O) groups excluding carboxylic acids is 1. The van der Waals surface area contributed by atoms with Gasteiger partial charge in [-0.2, -0.15) is 0 Å². The van der Waals surface area contributed by atoms with Crippen molar-refractivity contribution in [3.8, 4) is 0 Å². The van der Waals surface area contributed by atoms with Gasteiger partial charge in [0.15, 0.2) is 9.84 Å². The first-order chi connectivity index (χ1) is 11.2. The lowest BCUT2D eigenvalue weighted by Crippen LogP contribution is -2.12. The quantitative estimate of drug-likeness (QED) is 0.833. The maximum atomic E-state index is 12.1. The van der Waals surface area contributed by atoms with Crippen LogP contribution >= 0.6 is 0 Å². The average Bonchev–Trinajstić information content (AvgIpc) is 2.48. The molecule has 0 fully saturated rings. The van der Waals surface area contributed by atoms with Crippen molar-refractivity contribution >= 4 is 27.4 Å². The lowest BCUT2D eigenvalue weighted by molar-refractivity contribution is -0.136. The molecule has 0 aromatic heterocycles. The predicted molar refractivity (Wildman–Crippen MR) is 90.7 cm³/mol. The third-order valence-electron chi connectivity index (χ3n) is 3.21. The van der Waals surface area contributed by atoms with Gasteiger partial charge in [0, 0.05) is 17.5 Å². The van der Waals surface area contributed by atoms with Crippen LogP contribution in [0.4, 0.5) is 5.69 Å². The molecule has 0 aliphatic heterocycles. The summed E-state index contributed by atoms with van der Waals surface area (Å²) in [5, 5.41) is 11.4. The van der Waals surface area contributed by atoms with Crippen LogP contribution in [0.15, 0.2) is 48.5 Å². The van der Waals surface area contributed by atoms with Crippen LogP contribution < -0.4 is 5.32 Å². The third-order valence-corrected chi connectivity index (χ3v) is 4.07. The number of nitrogens with one attached hydrogen (secondary N) is 1. The van der Waals surface area contributed by atoms with Crippen LogP contribution in [-0.4, -0.2) is 31.7 Å². The third kappa shape index (κ3) is 5.51. The number of anilines is 1. The van der Waals surface area contributed by atoms with E-state index in [4.69, 9.17) is 5.11 Å². The van der Waals surface area contributed by atoms with Crippen LogP contribution in [0.2, 0.25) is 0 Å². The Morgan fingerprint density at radius 2 is 1.50 bits per heavy atom. The zero-order valence-electron chi connectivity index (χ0n) is 13.0. The Balaban J connectivity index is 2.03. The molecule has 0 aliphatic carbocycles. The van der Waals surface area contributed by atoms with Gasteiger partial charge in [-0.3, -0.25) is 9.59 Å². The average molecular weight is 347 g/mol. The molecule has 6 nitrogen and oxygen atoms in total. The molecule has 2 rings (SSSR count). The van der Waals surface area contributed by atoms with Gasteiger partial charge >= 0.3 is 5.97 Å². The number of carboxylic acid groups (broad SMARTS) is 1. The summed E-state index contributed by atoms with van der Waals surface area (Å²) in [5.41, 5.74) is 2.22. The van der Waals surface area contributed by atoms with Gasteiger partial charge in [0.25, 0.3) is 5.91 Å². The summed E-state index contributed by atoms with van der Waals surface area (Å²) >= 11 is 0. The highest BCUT2D eigenvalue weighted by Crippen LogP contribution is 2.13. The van der Waals surface area contributed by atoms with E-state index in [1.807, 2.05) is 0 Å². The van der Waals surface area contributed by atoms with Crippen LogP contribution in [0, 0.1) is 0 Å². The molecule has 2 N–H and O–H groups in total. The monoisotopic (exact) mass is 347 g/mol. The van der Waals surface area contributed by atoms with Crippen molar-refractivity contribution in [3.63, 3.8) is 0 Å². The molecule has 0 saturated carbocycles. The Morgan fingerprint density at radius 1 is 0.958 bits per heavy atom. The van der Waals surface area contributed by atoms with E-state index in [9.17, 15) is 18.0 Å². The van der Waals surface area contributed by atoms with Gasteiger partial charge in [-0.1, -0.05) is 24.3 Å². The largest absolute Gasteiger partial charge is 0.481 e. The van der Waals surface area contributed by atoms with Gasteiger partial charge in [-0.05, 0) is 35.4 Å². The highest BCUT2D eigenvalue weighted by atomic mass is 32.2. The molecule has 2 aromatic carbocycles. The predicted octanol–water partition coefficient (Wildman–Crippen LogP) is 2.11. The molecule has 0 heterocycles. The van der Waals surface area contributed by atoms with Crippen molar-refractivity contribution in [3.05, 3.63) is 65.2 Å². The number of rotatable bonds is 6. The summed E-state index contributed by atoms with van der Waals surface area (Å²) in [6, 6.07) is 12.9. The van der Waals surface area contributed by atoms with E-state index in [-0.39, 0.29) is 18.1 Å². The molecule has 0 spiro atoms. The van der Waals surface area contributed by atoms with Gasteiger partial charge in [0.05, 0.1) is 12.2 Å². The summed E-state index contributed by atoms with van der Waals surface area (Å²) in [6.45, 7) is 0. The fourth-order valence-corrected chi connectivity index (χ4v) is 2.94. The fraction of sp³-hybridized carbons (Fsp3) is 0.176. The van der Waals surface area contributed by atoms with E-state index in [2.05, 4.69) is 5.32 Å². The summed E-state index contributed by atoms with van der Waals surface area (Å²) in [7, 11) is -3.11. The number of carboxylic acids is 1. The van der Waals surface area contributed by atoms with Gasteiger partial charge in [-0.25, -0.2) is 8.42 Å². The minimum Gasteiger partial charge on any atom is -0.481 e. The van der Waals surface area contributed by atoms with Crippen molar-refractivity contribution in [1.29, 1.82) is 0 Å². The van der Waals surface area contributed by atoms with Crippen LogP contribution in [0.25, 0.3) is 0 Å². The second-order valence-electron chi connectivity index (χ2n) is 5.49. The molecule has 0 atom stereocenters. The number of aliphatic carboxylic acids is 1. The van der Waals surface area contributed by atoms with E-state index in [1.54, 1.807) is 48.5 Å². The molecule has 24 heavy (non-hydrogen) atoms. The number of carbonyl (C=O) groups is 2. The van der Waals surface area contributed by atoms with Crippen LogP contribution in [0.3, 0.4) is 0 Å². The highest BCUT2D eigenvalue weighted by Gasteiger charge is 2.09. The Bertz CT molecular complexity index is 840. The van der Waals surface area contributed by atoms with Gasteiger partial charge in [-0.15, -0.1) is 0 Å². The minimum atomic E-state index is -3.11. The van der Waals surface area contributed by atoms with Crippen molar-refractivity contribution in [2.75, 3.05) is 11.6 Å². The number of sulfone groups is 1. The zero-order valence-corrected chi connectivity index (χ0v) is 13.8. The van der Waals surface area contributed by atoms with Crippen LogP contribution in [0.5, 0.6) is 0 Å². The molecule has 1 amide bonds. The molecule has 0 saturated heterocycles. The Morgan fingerprint density at radius 3 is 2.00 bits per heavy atom. The summed E-state index contributed by atoms with van der Waals surface area (Å²) in [5.74, 6) is -1.31. The topological polar surface area (TPSA) is 101 Å². The van der Waals surface area contributed by atoms with E-state index in [0.29, 0.717) is 22.4 Å². The number of hydrogen-bond donors (Lipinski definition) is 2. The van der Waals surface area contributed by atoms with Gasteiger partial charge in [0.2, 0.25) is 0 Å². The summed E-state index contributed by atoms with van der Waals surface area (Å²) < 4.78 is 22.5. The highest BCUT2D eigenvalue weighted by molar-refractivity contribution is 7.89. The molecule has 2 aromatic rings. The Labute approximate surface area is 140 Å². The first kappa shape index (κ1) is 17.7. The van der Waals surface area contributed by atoms with Crippen LogP contribution in [0.1, 0.15) is 21.5 Å². The summed E-state index contributed by atoms with van der Waals surface area (Å²) in [4.78, 5) is 22.8. The molecule has 126 valence electrons. The lowest BCUT2D eigenvalue weighted by Gasteiger charge is -2.07. The van der Waals surface area contributed by atoms with Crippen LogP contribution in [-0.2, 0) is 26.8 Å². The van der Waals surface area contributed by atoms with Crippen molar-refractivity contribution in [1.82, 2.24) is 0 Å². The van der Waals surface area contributed by atoms with E-state index < -0.39 is 15.8 Å². The van der Waals surface area contributed by atoms with E-state index >= 15 is 0 Å². The first-order valence-electron chi connectivity index (χ1n) is 7.12. The van der Waals surface area contributed by atoms with Crippen molar-refractivity contribution in [2.24, 2.45) is 0 Å². The number of hydrogen-bond acceptors (Lipinski definition) is 4. The van der Waals surface area contributed by atoms with Crippen molar-refractivity contribution < 1.29 is 23.1 Å². The standard InChI is InChI=1S/C17H17NO5S/c1-24(22,23)11-13-2-6-14(7-3-13)17(21)18-15-8-4-12(5-9-15)10-16(19)20/h2-9H,10-11H2,1H3,(H,18,21)(H,19,20). The maximum Gasteiger partial charge on any atom is 0.307 e. The minimum absolute atomic E-state index is 0.0695. The molecular weight excluding hydrogens is 330 g/mol. The zero-order chi connectivity index (χ0) is 17.7. The smallest absolute Gasteiger partial charge is 0.307 e. The fourth-order valence-electron chi connectivity index (χ4n) is 2.14. The molecular formula is C17H17NO5S. The Hall–Kier alpha value is -2.67. The second kappa shape index (κ2) is 7.27. The molecule has 7 heteroatoms. The normalized spacial score (nSPS) is 11.0. The SMILES string of the molecule is CS(=O)(=O)Cc1ccc(C(=O)Nc2ccc(CC(=O)O)cc2)cc1. The number of amides is 1. The van der Waals surface area contributed by atoms with E-state index in [0.717, 1.165) is 6.26 Å². The van der Waals surface area contributed by atoms with Crippen molar-refractivity contribution in [2.45, 2.75) is 12.2 Å². The number of benzene rings is 2. The lowest BCUT2D eigenvalue weighted by atomic mass is 10.1. The maximum absolute atomic E-state index is 12.1.